The molecule has 2 aliphatic heterocycles. The fourth-order valence-corrected chi connectivity index (χ4v) is 4.31. The maximum absolute atomic E-state index is 14.5. The smallest absolute Gasteiger partial charge is 0.344 e. The third-order valence-corrected chi connectivity index (χ3v) is 5.84. The zero-order valence-electron chi connectivity index (χ0n) is 15.3. The van der Waals surface area contributed by atoms with Crippen molar-refractivity contribution in [2.24, 2.45) is 0 Å². The molecule has 7 heteroatoms. The molecule has 2 aliphatic rings. The molecule has 2 aromatic carbocycles. The number of likely N-dealkylation sites (tertiary alicyclic amines) is 1. The van der Waals surface area contributed by atoms with Crippen LogP contribution in [0.4, 0.5) is 17.6 Å². The zero-order valence-corrected chi connectivity index (χ0v) is 15.3. The van der Waals surface area contributed by atoms with Crippen LogP contribution in [0.5, 0.6) is 0 Å². The van der Waals surface area contributed by atoms with Gasteiger partial charge >= 0.3 is 6.18 Å². The summed E-state index contributed by atoms with van der Waals surface area (Å²) in [5.41, 5.74) is -0.682. The Balaban J connectivity index is 1.64. The third kappa shape index (κ3) is 3.07. The average Bonchev–Trinajstić information content (AvgIpc) is 3.21. The van der Waals surface area contributed by atoms with Crippen LogP contribution >= 0.6 is 0 Å². The Hall–Kier alpha value is -2.41. The fourth-order valence-electron chi connectivity index (χ4n) is 4.31. The molecule has 1 amide bonds. The van der Waals surface area contributed by atoms with E-state index in [2.05, 4.69) is 5.32 Å². The van der Waals surface area contributed by atoms with Gasteiger partial charge in [-0.1, -0.05) is 30.3 Å². The number of carbonyl (C=O) groups is 1. The lowest BCUT2D eigenvalue weighted by atomic mass is 9.95. The highest BCUT2D eigenvalue weighted by atomic mass is 19.4. The van der Waals surface area contributed by atoms with E-state index in [1.807, 2.05) is 6.07 Å². The lowest BCUT2D eigenvalue weighted by Crippen LogP contribution is -2.47. The van der Waals surface area contributed by atoms with E-state index in [1.165, 1.54) is 12.1 Å². The van der Waals surface area contributed by atoms with Gasteiger partial charge < -0.3 is 4.90 Å². The standard InChI is InChI=1S/C21H20F4N2O/c1-27-11-10-20(19(27)28)9-8-17(26-20)14-5-2-4-13(12-14)15-6-3-7-16(18(15)22)21(23,24)25/h2-7,12,17,26H,8-11H2,1H3/t17-,20+/m1/s1. The first-order valence-corrected chi connectivity index (χ1v) is 9.21. The quantitative estimate of drug-likeness (QED) is 0.762. The third-order valence-electron chi connectivity index (χ3n) is 5.84. The second-order valence-corrected chi connectivity index (χ2v) is 7.58. The van der Waals surface area contributed by atoms with E-state index in [0.717, 1.165) is 24.5 Å². The molecule has 4 rings (SSSR count). The first-order valence-electron chi connectivity index (χ1n) is 9.21. The first-order chi connectivity index (χ1) is 13.2. The predicted molar refractivity (Wildman–Crippen MR) is 96.9 cm³/mol. The highest BCUT2D eigenvalue weighted by Gasteiger charge is 2.50. The molecule has 2 fully saturated rings. The van der Waals surface area contributed by atoms with Gasteiger partial charge in [0.25, 0.3) is 0 Å². The number of nitrogens with one attached hydrogen (secondary N) is 1. The summed E-state index contributed by atoms with van der Waals surface area (Å²) in [5, 5.41) is 3.43. The van der Waals surface area contributed by atoms with Crippen LogP contribution in [0.1, 0.15) is 36.4 Å². The Morgan fingerprint density at radius 1 is 1.14 bits per heavy atom. The van der Waals surface area contributed by atoms with Gasteiger partial charge in [0.05, 0.1) is 5.56 Å². The van der Waals surface area contributed by atoms with Crippen molar-refractivity contribution in [1.29, 1.82) is 0 Å². The number of rotatable bonds is 2. The van der Waals surface area contributed by atoms with E-state index in [1.54, 1.807) is 30.1 Å². The number of hydrogen-bond donors (Lipinski definition) is 1. The molecule has 0 bridgehead atoms. The summed E-state index contributed by atoms with van der Waals surface area (Å²) in [6, 6.07) is 10.1. The number of halogens is 4. The van der Waals surface area contributed by atoms with Crippen LogP contribution in [-0.4, -0.2) is 29.9 Å². The molecule has 1 spiro atoms. The topological polar surface area (TPSA) is 32.3 Å². The summed E-state index contributed by atoms with van der Waals surface area (Å²) in [6.07, 6.45) is -2.55. The van der Waals surface area contributed by atoms with Crippen LogP contribution in [0.25, 0.3) is 11.1 Å². The molecule has 3 nitrogen and oxygen atoms in total. The zero-order chi connectivity index (χ0) is 20.1. The van der Waals surface area contributed by atoms with Gasteiger partial charge in [-0.2, -0.15) is 13.2 Å². The molecule has 2 saturated heterocycles. The highest BCUT2D eigenvalue weighted by molar-refractivity contribution is 5.88. The van der Waals surface area contributed by atoms with Gasteiger partial charge in [-0.15, -0.1) is 0 Å². The normalized spacial score (nSPS) is 25.1. The van der Waals surface area contributed by atoms with E-state index >= 15 is 0 Å². The van der Waals surface area contributed by atoms with Crippen LogP contribution < -0.4 is 5.32 Å². The highest BCUT2D eigenvalue weighted by Crippen LogP contribution is 2.40. The minimum Gasteiger partial charge on any atom is -0.344 e. The maximum atomic E-state index is 14.5. The lowest BCUT2D eigenvalue weighted by molar-refractivity contribution is -0.140. The van der Waals surface area contributed by atoms with E-state index in [0.29, 0.717) is 18.5 Å². The molecule has 0 saturated carbocycles. The summed E-state index contributed by atoms with van der Waals surface area (Å²) in [5.74, 6) is -1.19. The summed E-state index contributed by atoms with van der Waals surface area (Å²) in [6.45, 7) is 0.702. The molecule has 2 heterocycles. The summed E-state index contributed by atoms with van der Waals surface area (Å²) < 4.78 is 53.6. The van der Waals surface area contributed by atoms with Crippen LogP contribution in [0.2, 0.25) is 0 Å². The van der Waals surface area contributed by atoms with Crippen molar-refractivity contribution in [3.8, 4) is 11.1 Å². The molecule has 0 aromatic heterocycles. The molecule has 148 valence electrons. The van der Waals surface area contributed by atoms with Crippen LogP contribution in [0.15, 0.2) is 42.5 Å². The number of nitrogens with zero attached hydrogens (tertiary/aromatic N) is 1. The SMILES string of the molecule is CN1CC[C@@]2(CC[C@H](c3cccc(-c4cccc(C(F)(F)F)c4F)c3)N2)C1=O. The number of amides is 1. The van der Waals surface area contributed by atoms with Crippen molar-refractivity contribution in [3.63, 3.8) is 0 Å². The second kappa shape index (κ2) is 6.58. The van der Waals surface area contributed by atoms with Gasteiger partial charge in [-0.25, -0.2) is 4.39 Å². The molecule has 0 aliphatic carbocycles. The molecule has 2 aromatic rings. The molecular weight excluding hydrogens is 372 g/mol. The van der Waals surface area contributed by atoms with Crippen LogP contribution in [-0.2, 0) is 11.0 Å². The van der Waals surface area contributed by atoms with E-state index in [4.69, 9.17) is 0 Å². The van der Waals surface area contributed by atoms with Crippen molar-refractivity contribution in [1.82, 2.24) is 10.2 Å². The van der Waals surface area contributed by atoms with Gasteiger partial charge in [0.1, 0.15) is 11.4 Å². The summed E-state index contributed by atoms with van der Waals surface area (Å²) >= 11 is 0. The number of carbonyl (C=O) groups excluding carboxylic acids is 1. The van der Waals surface area contributed by atoms with Crippen molar-refractivity contribution in [3.05, 3.63) is 59.4 Å². The minimum absolute atomic E-state index is 0.0788. The Bertz CT molecular complexity index is 927. The predicted octanol–water partition coefficient (Wildman–Crippen LogP) is 4.54. The largest absolute Gasteiger partial charge is 0.419 e. The number of alkyl halides is 3. The molecule has 28 heavy (non-hydrogen) atoms. The molecule has 2 atom stereocenters. The Morgan fingerprint density at radius 3 is 2.57 bits per heavy atom. The van der Waals surface area contributed by atoms with Gasteiger partial charge in [-0.05, 0) is 42.5 Å². The lowest BCUT2D eigenvalue weighted by Gasteiger charge is -2.23. The molecule has 1 N–H and O–H groups in total. The van der Waals surface area contributed by atoms with Gasteiger partial charge in [-0.3, -0.25) is 10.1 Å². The Morgan fingerprint density at radius 2 is 1.89 bits per heavy atom. The van der Waals surface area contributed by atoms with Gasteiger partial charge in [0, 0.05) is 25.2 Å². The summed E-state index contributed by atoms with van der Waals surface area (Å²) in [4.78, 5) is 14.2. The monoisotopic (exact) mass is 392 g/mol. The Kier molecular flexibility index (Phi) is 4.45. The number of hydrogen-bond acceptors (Lipinski definition) is 2. The van der Waals surface area contributed by atoms with Crippen molar-refractivity contribution < 1.29 is 22.4 Å². The van der Waals surface area contributed by atoms with Gasteiger partial charge in [0.15, 0.2) is 0 Å². The number of likely N-dealkylation sites (N-methyl/N-ethyl adjacent to an activating group) is 1. The van der Waals surface area contributed by atoms with Crippen LogP contribution in [0, 0.1) is 5.82 Å². The molecular formula is C21H20F4N2O. The fraction of sp³-hybridized carbons (Fsp3) is 0.381. The number of benzene rings is 2. The van der Waals surface area contributed by atoms with Crippen LogP contribution in [0.3, 0.4) is 0 Å². The average molecular weight is 392 g/mol. The first kappa shape index (κ1) is 18.9. The van der Waals surface area contributed by atoms with E-state index in [9.17, 15) is 22.4 Å². The second-order valence-electron chi connectivity index (χ2n) is 7.58. The van der Waals surface area contributed by atoms with E-state index in [-0.39, 0.29) is 17.5 Å². The maximum Gasteiger partial charge on any atom is 0.419 e. The Labute approximate surface area is 160 Å². The minimum atomic E-state index is -4.74. The van der Waals surface area contributed by atoms with E-state index < -0.39 is 23.1 Å². The van der Waals surface area contributed by atoms with Crippen molar-refractivity contribution in [2.75, 3.05) is 13.6 Å². The summed E-state index contributed by atoms with van der Waals surface area (Å²) in [7, 11) is 1.78. The molecule has 0 unspecified atom stereocenters. The van der Waals surface area contributed by atoms with Crippen molar-refractivity contribution >= 4 is 5.91 Å². The van der Waals surface area contributed by atoms with Crippen molar-refractivity contribution in [2.45, 2.75) is 37.0 Å². The van der Waals surface area contributed by atoms with Gasteiger partial charge in [0.2, 0.25) is 5.91 Å². The molecule has 0 radical (unpaired) electrons.